The van der Waals surface area contributed by atoms with Gasteiger partial charge in [-0.3, -0.25) is 9.69 Å². The van der Waals surface area contributed by atoms with Gasteiger partial charge in [0, 0.05) is 57.7 Å². The summed E-state index contributed by atoms with van der Waals surface area (Å²) in [5.41, 5.74) is 2.06. The Morgan fingerprint density at radius 1 is 1.09 bits per heavy atom. The van der Waals surface area contributed by atoms with E-state index in [2.05, 4.69) is 4.90 Å². The number of likely N-dealkylation sites (tertiary alicyclic amines) is 1. The molecular weight excluding hydrogens is 435 g/mol. The lowest BCUT2D eigenvalue weighted by Gasteiger charge is -2.29. The average Bonchev–Trinajstić information content (AvgIpc) is 3.22. The van der Waals surface area contributed by atoms with Crippen LogP contribution in [0.25, 0.3) is 0 Å². The Morgan fingerprint density at radius 2 is 1.79 bits per heavy atom. The first-order valence-electron chi connectivity index (χ1n) is 11.8. The maximum absolute atomic E-state index is 14.1. The second-order valence-electron chi connectivity index (χ2n) is 9.27. The van der Waals surface area contributed by atoms with E-state index in [0.717, 1.165) is 35.7 Å². The number of hydrogen-bond donors (Lipinski definition) is 0. The zero-order valence-corrected chi connectivity index (χ0v) is 20.9. The molecule has 34 heavy (non-hydrogen) atoms. The molecule has 0 aromatic heterocycles. The Morgan fingerprint density at radius 3 is 2.38 bits per heavy atom. The van der Waals surface area contributed by atoms with Crippen LogP contribution in [0.15, 0.2) is 42.5 Å². The quantitative estimate of drug-likeness (QED) is 0.491. The third kappa shape index (κ3) is 6.70. The third-order valence-corrected chi connectivity index (χ3v) is 6.44. The minimum atomic E-state index is -0.235. The van der Waals surface area contributed by atoms with Crippen molar-refractivity contribution in [3.8, 4) is 11.5 Å². The molecule has 0 N–H and O–H groups in total. The van der Waals surface area contributed by atoms with Gasteiger partial charge in [0.1, 0.15) is 17.3 Å². The molecule has 7 heteroatoms. The van der Waals surface area contributed by atoms with E-state index in [4.69, 9.17) is 14.2 Å². The number of nitrogens with zero attached hydrogens (tertiary/aromatic N) is 2. The van der Waals surface area contributed by atoms with Gasteiger partial charge in [0.15, 0.2) is 0 Å². The molecule has 1 aliphatic rings. The van der Waals surface area contributed by atoms with Crippen LogP contribution in [0.4, 0.5) is 4.39 Å². The van der Waals surface area contributed by atoms with Crippen LogP contribution < -0.4 is 9.47 Å². The van der Waals surface area contributed by atoms with Crippen molar-refractivity contribution in [1.29, 1.82) is 0 Å². The van der Waals surface area contributed by atoms with Gasteiger partial charge in [-0.15, -0.1) is 0 Å². The second-order valence-corrected chi connectivity index (χ2v) is 9.27. The minimum Gasteiger partial charge on any atom is -0.497 e. The van der Waals surface area contributed by atoms with E-state index in [1.807, 2.05) is 43.0 Å². The number of halogens is 1. The summed E-state index contributed by atoms with van der Waals surface area (Å²) in [5, 5.41) is 0. The third-order valence-electron chi connectivity index (χ3n) is 6.44. The second kappa shape index (κ2) is 12.2. The fourth-order valence-electron chi connectivity index (χ4n) is 4.75. The summed E-state index contributed by atoms with van der Waals surface area (Å²) in [6.07, 6.45) is 0. The van der Waals surface area contributed by atoms with Gasteiger partial charge in [-0.1, -0.05) is 26.0 Å². The average molecular weight is 473 g/mol. The summed E-state index contributed by atoms with van der Waals surface area (Å²) in [4.78, 5) is 17.2. The fourth-order valence-corrected chi connectivity index (χ4v) is 4.75. The molecule has 1 amide bonds. The van der Waals surface area contributed by atoms with Gasteiger partial charge in [-0.2, -0.15) is 0 Å². The van der Waals surface area contributed by atoms with Crippen molar-refractivity contribution < 1.29 is 23.4 Å². The minimum absolute atomic E-state index is 0.0915. The first-order valence-corrected chi connectivity index (χ1v) is 11.8. The van der Waals surface area contributed by atoms with Crippen LogP contribution in [0.1, 0.15) is 30.9 Å². The van der Waals surface area contributed by atoms with Gasteiger partial charge >= 0.3 is 0 Å². The molecule has 3 rings (SSSR count). The van der Waals surface area contributed by atoms with E-state index < -0.39 is 0 Å². The highest BCUT2D eigenvalue weighted by Gasteiger charge is 2.36. The molecule has 0 radical (unpaired) electrons. The van der Waals surface area contributed by atoms with Crippen LogP contribution >= 0.6 is 0 Å². The molecule has 1 saturated heterocycles. The van der Waals surface area contributed by atoms with E-state index in [1.54, 1.807) is 33.5 Å². The van der Waals surface area contributed by atoms with Gasteiger partial charge in [0.25, 0.3) is 0 Å². The zero-order chi connectivity index (χ0) is 24.7. The van der Waals surface area contributed by atoms with Crippen LogP contribution in [-0.4, -0.2) is 69.8 Å². The Bertz CT molecular complexity index is 930. The van der Waals surface area contributed by atoms with Crippen LogP contribution in [0.2, 0.25) is 0 Å². The summed E-state index contributed by atoms with van der Waals surface area (Å²) < 4.78 is 30.2. The highest BCUT2D eigenvalue weighted by atomic mass is 19.1. The number of methoxy groups -OCH3 is 3. The zero-order valence-electron chi connectivity index (χ0n) is 20.9. The molecule has 0 spiro atoms. The lowest BCUT2D eigenvalue weighted by molar-refractivity contribution is -0.135. The van der Waals surface area contributed by atoms with Gasteiger partial charge < -0.3 is 19.1 Å². The van der Waals surface area contributed by atoms with Crippen molar-refractivity contribution in [2.75, 3.05) is 54.1 Å². The number of benzene rings is 2. The predicted molar refractivity (Wildman–Crippen MR) is 131 cm³/mol. The molecule has 0 aliphatic carbocycles. The number of amides is 1. The first kappa shape index (κ1) is 26.0. The molecular formula is C27H37FN2O4. The molecule has 0 bridgehead atoms. The summed E-state index contributed by atoms with van der Waals surface area (Å²) >= 11 is 0. The first-order chi connectivity index (χ1) is 16.3. The van der Waals surface area contributed by atoms with Gasteiger partial charge in [-0.25, -0.2) is 4.39 Å². The van der Waals surface area contributed by atoms with Crippen molar-refractivity contribution in [1.82, 2.24) is 9.80 Å². The van der Waals surface area contributed by atoms with E-state index in [0.29, 0.717) is 26.2 Å². The lowest BCUT2D eigenvalue weighted by Crippen LogP contribution is -2.41. The van der Waals surface area contributed by atoms with Crippen molar-refractivity contribution >= 4 is 5.91 Å². The van der Waals surface area contributed by atoms with Crippen molar-refractivity contribution in [3.05, 3.63) is 59.4 Å². The topological polar surface area (TPSA) is 51.2 Å². The van der Waals surface area contributed by atoms with Crippen LogP contribution in [-0.2, 0) is 16.1 Å². The normalized spacial score (nSPS) is 18.3. The largest absolute Gasteiger partial charge is 0.497 e. The Labute approximate surface area is 202 Å². The standard InChI is InChI=1S/C27H37FN2O4/c1-19(2)27(31)30(9-10-32-3)17-22-16-29(18-26(22)21-7-6-8-23(28)13-21)15-20-11-24(33-4)14-25(12-20)34-5/h6-8,11-14,19,22,26H,9-10,15-18H2,1-5H3/t22-,26-/m0/s1. The summed E-state index contributed by atoms with van der Waals surface area (Å²) in [6, 6.07) is 12.7. The number of hydrogen-bond acceptors (Lipinski definition) is 5. The highest BCUT2D eigenvalue weighted by Crippen LogP contribution is 2.35. The molecule has 0 unspecified atom stereocenters. The molecule has 1 fully saturated rings. The van der Waals surface area contributed by atoms with Gasteiger partial charge in [0.05, 0.1) is 20.8 Å². The molecule has 2 aromatic carbocycles. The molecule has 186 valence electrons. The van der Waals surface area contributed by atoms with Crippen molar-refractivity contribution in [2.45, 2.75) is 26.3 Å². The van der Waals surface area contributed by atoms with E-state index in [-0.39, 0.29) is 29.5 Å². The summed E-state index contributed by atoms with van der Waals surface area (Å²) in [5.74, 6) is 1.58. The summed E-state index contributed by atoms with van der Waals surface area (Å²) in [6.45, 7) is 7.78. The van der Waals surface area contributed by atoms with Crippen LogP contribution in [0.3, 0.4) is 0 Å². The maximum Gasteiger partial charge on any atom is 0.225 e. The number of carbonyl (C=O) groups excluding carboxylic acids is 1. The Hall–Kier alpha value is -2.64. The van der Waals surface area contributed by atoms with Crippen LogP contribution in [0.5, 0.6) is 11.5 Å². The smallest absolute Gasteiger partial charge is 0.225 e. The fraction of sp³-hybridized carbons (Fsp3) is 0.519. The molecule has 2 atom stereocenters. The van der Waals surface area contributed by atoms with Crippen LogP contribution in [0, 0.1) is 17.7 Å². The maximum atomic E-state index is 14.1. The predicted octanol–water partition coefficient (Wildman–Crippen LogP) is 4.19. The van der Waals surface area contributed by atoms with Crippen molar-refractivity contribution in [3.63, 3.8) is 0 Å². The molecule has 2 aromatic rings. The molecule has 0 saturated carbocycles. The number of rotatable bonds is 11. The number of carbonyl (C=O) groups is 1. The van der Waals surface area contributed by atoms with E-state index in [9.17, 15) is 9.18 Å². The van der Waals surface area contributed by atoms with Crippen molar-refractivity contribution in [2.24, 2.45) is 11.8 Å². The monoisotopic (exact) mass is 472 g/mol. The van der Waals surface area contributed by atoms with Gasteiger partial charge in [0.2, 0.25) is 5.91 Å². The van der Waals surface area contributed by atoms with E-state index in [1.165, 1.54) is 6.07 Å². The Balaban J connectivity index is 1.84. The lowest BCUT2D eigenvalue weighted by atomic mass is 9.88. The Kier molecular flexibility index (Phi) is 9.30. The highest BCUT2D eigenvalue weighted by molar-refractivity contribution is 5.78. The molecule has 1 heterocycles. The van der Waals surface area contributed by atoms with Gasteiger partial charge in [-0.05, 0) is 41.3 Å². The number of ether oxygens (including phenoxy) is 3. The molecule has 6 nitrogen and oxygen atoms in total. The van der Waals surface area contributed by atoms with E-state index >= 15 is 0 Å². The molecule has 1 aliphatic heterocycles. The SMILES string of the molecule is COCCN(C[C@@H]1CN(Cc2cc(OC)cc(OC)c2)C[C@H]1c1cccc(F)c1)C(=O)C(C)C. The summed E-state index contributed by atoms with van der Waals surface area (Å²) in [7, 11) is 4.93.